The van der Waals surface area contributed by atoms with E-state index in [0.29, 0.717) is 44.7 Å². The number of aromatic nitrogens is 1. The maximum absolute atomic E-state index is 13.7. The molecule has 5 rings (SSSR count). The van der Waals surface area contributed by atoms with Crippen LogP contribution < -0.4 is 4.90 Å². The van der Waals surface area contributed by atoms with Gasteiger partial charge in [-0.2, -0.15) is 4.31 Å². The molecule has 2 aliphatic rings. The fourth-order valence-electron chi connectivity index (χ4n) is 5.73. The number of anilines is 1. The Hall–Kier alpha value is -3.43. The van der Waals surface area contributed by atoms with Gasteiger partial charge in [-0.1, -0.05) is 53.2 Å². The van der Waals surface area contributed by atoms with Gasteiger partial charge in [-0.3, -0.25) is 4.79 Å². The Balaban J connectivity index is 1.21. The summed E-state index contributed by atoms with van der Waals surface area (Å²) in [4.78, 5) is 17.9. The van der Waals surface area contributed by atoms with E-state index in [1.54, 1.807) is 13.0 Å². The largest absolute Gasteiger partial charge is 0.365 e. The van der Waals surface area contributed by atoms with E-state index < -0.39 is 10.0 Å². The molecule has 212 valence electrons. The van der Waals surface area contributed by atoms with Crippen molar-refractivity contribution in [2.45, 2.75) is 51.5 Å². The van der Waals surface area contributed by atoms with Crippen LogP contribution in [0.4, 0.5) is 5.69 Å². The Bertz CT molecular complexity index is 1490. The van der Waals surface area contributed by atoms with Gasteiger partial charge in [-0.25, -0.2) is 8.42 Å². The fraction of sp³-hybridized carbons (Fsp3) is 0.419. The average Bonchev–Trinajstić information content (AvgIpc) is 3.33. The van der Waals surface area contributed by atoms with Crippen LogP contribution in [0.15, 0.2) is 57.9 Å². The number of aryl methyl sites for hydroxylation is 3. The van der Waals surface area contributed by atoms with Crippen molar-refractivity contribution in [3.05, 3.63) is 76.7 Å². The van der Waals surface area contributed by atoms with Crippen molar-refractivity contribution in [3.8, 4) is 0 Å². The van der Waals surface area contributed by atoms with E-state index in [2.05, 4.69) is 48.2 Å². The molecule has 3 aromatic rings. The van der Waals surface area contributed by atoms with E-state index in [1.807, 2.05) is 42.2 Å². The molecule has 0 saturated carbocycles. The second-order valence-electron chi connectivity index (χ2n) is 11.0. The molecule has 9 heteroatoms. The zero-order valence-electron chi connectivity index (χ0n) is 23.7. The summed E-state index contributed by atoms with van der Waals surface area (Å²) < 4.78 is 34.2. The molecule has 1 unspecified atom stereocenters. The second kappa shape index (κ2) is 11.6. The summed E-state index contributed by atoms with van der Waals surface area (Å²) >= 11 is 0. The number of sulfonamides is 1. The van der Waals surface area contributed by atoms with E-state index in [4.69, 9.17) is 4.52 Å². The molecule has 0 aliphatic carbocycles. The predicted octanol–water partition coefficient (Wildman–Crippen LogP) is 4.91. The Morgan fingerprint density at radius 2 is 1.68 bits per heavy atom. The Morgan fingerprint density at radius 1 is 0.950 bits per heavy atom. The maximum atomic E-state index is 13.7. The van der Waals surface area contributed by atoms with Gasteiger partial charge in [0.05, 0.1) is 0 Å². The van der Waals surface area contributed by atoms with Crippen LogP contribution in [0.1, 0.15) is 47.9 Å². The minimum Gasteiger partial charge on any atom is -0.365 e. The summed E-state index contributed by atoms with van der Waals surface area (Å²) in [5.74, 6) is 0.182. The van der Waals surface area contributed by atoms with E-state index in [0.717, 1.165) is 17.7 Å². The molecule has 40 heavy (non-hydrogen) atoms. The molecule has 0 radical (unpaired) electrons. The molecule has 1 aromatic heterocycles. The van der Waals surface area contributed by atoms with Crippen molar-refractivity contribution < 1.29 is 17.7 Å². The minimum absolute atomic E-state index is 0.0988. The molecule has 2 saturated heterocycles. The molecule has 2 aliphatic heterocycles. The van der Waals surface area contributed by atoms with Crippen molar-refractivity contribution in [1.82, 2.24) is 14.4 Å². The summed E-state index contributed by atoms with van der Waals surface area (Å²) in [6.07, 6.45) is 4.49. The van der Waals surface area contributed by atoms with Gasteiger partial charge in [0, 0.05) is 50.4 Å². The van der Waals surface area contributed by atoms with E-state index in [-0.39, 0.29) is 28.5 Å². The number of nitrogens with zero attached hydrogens (tertiary/aromatic N) is 4. The van der Waals surface area contributed by atoms with Crippen molar-refractivity contribution in [2.75, 3.05) is 37.6 Å². The quantitative estimate of drug-likeness (QED) is 0.424. The summed E-state index contributed by atoms with van der Waals surface area (Å²) in [5.41, 5.74) is 4.84. The smallest absolute Gasteiger partial charge is 0.248 e. The highest BCUT2D eigenvalue weighted by Crippen LogP contribution is 2.30. The SMILES string of the molecule is Cc1ccc(C=Cc2onc(C)c2S(=O)(=O)N2CCC(C(=O)N3CCN(c4cccc(C)c4)C(C)C3)CC2)cc1. The summed E-state index contributed by atoms with van der Waals surface area (Å²) in [6, 6.07) is 16.6. The number of carbonyl (C=O) groups is 1. The van der Waals surface area contributed by atoms with Crippen LogP contribution in [-0.2, 0) is 14.8 Å². The number of piperidine rings is 1. The maximum Gasteiger partial charge on any atom is 0.248 e. The molecule has 2 aromatic carbocycles. The molecular weight excluding hydrogens is 524 g/mol. The number of hydrogen-bond acceptors (Lipinski definition) is 6. The summed E-state index contributed by atoms with van der Waals surface area (Å²) in [6.45, 7) is 10.6. The first kappa shape index (κ1) is 28.1. The van der Waals surface area contributed by atoms with Crippen molar-refractivity contribution in [2.24, 2.45) is 5.92 Å². The lowest BCUT2D eigenvalue weighted by Crippen LogP contribution is -2.55. The third kappa shape index (κ3) is 5.86. The first-order valence-corrected chi connectivity index (χ1v) is 15.4. The third-order valence-electron chi connectivity index (χ3n) is 8.01. The van der Waals surface area contributed by atoms with Crippen LogP contribution in [0.2, 0.25) is 0 Å². The Labute approximate surface area is 237 Å². The highest BCUT2D eigenvalue weighted by Gasteiger charge is 2.38. The molecular formula is C31H38N4O4S. The van der Waals surface area contributed by atoms with Crippen LogP contribution in [0.3, 0.4) is 0 Å². The zero-order chi connectivity index (χ0) is 28.4. The minimum atomic E-state index is -3.82. The Kier molecular flexibility index (Phi) is 8.14. The number of amides is 1. The normalized spacial score (nSPS) is 19.4. The lowest BCUT2D eigenvalue weighted by atomic mass is 9.95. The van der Waals surface area contributed by atoms with Crippen LogP contribution in [0.25, 0.3) is 12.2 Å². The zero-order valence-corrected chi connectivity index (χ0v) is 24.5. The lowest BCUT2D eigenvalue weighted by molar-refractivity contribution is -0.137. The van der Waals surface area contributed by atoms with Gasteiger partial charge in [-0.05, 0) is 69.9 Å². The highest BCUT2D eigenvalue weighted by molar-refractivity contribution is 7.89. The van der Waals surface area contributed by atoms with Crippen molar-refractivity contribution in [3.63, 3.8) is 0 Å². The number of piperazine rings is 1. The summed E-state index contributed by atoms with van der Waals surface area (Å²) in [5, 5.41) is 3.95. The van der Waals surface area contributed by atoms with Gasteiger partial charge in [0.1, 0.15) is 5.69 Å². The van der Waals surface area contributed by atoms with Gasteiger partial charge < -0.3 is 14.3 Å². The van der Waals surface area contributed by atoms with Gasteiger partial charge in [-0.15, -0.1) is 0 Å². The molecule has 2 fully saturated rings. The molecule has 0 N–H and O–H groups in total. The van der Waals surface area contributed by atoms with E-state index in [1.165, 1.54) is 15.6 Å². The van der Waals surface area contributed by atoms with Crippen LogP contribution in [0.5, 0.6) is 0 Å². The standard InChI is InChI=1S/C31H38N4O4S/c1-22-8-10-26(11-9-22)12-13-29-30(25(4)32-39-29)40(37,38)34-16-14-27(15-17-34)31(36)33-18-19-35(24(3)21-33)28-7-5-6-23(2)20-28/h5-13,20,24,27H,14-19,21H2,1-4H3. The van der Waals surface area contributed by atoms with Crippen LogP contribution >= 0.6 is 0 Å². The third-order valence-corrected chi connectivity index (χ3v) is 10.1. The van der Waals surface area contributed by atoms with Gasteiger partial charge in [0.15, 0.2) is 10.7 Å². The topological polar surface area (TPSA) is 87.0 Å². The average molecular weight is 563 g/mol. The molecule has 1 amide bonds. The molecule has 3 heterocycles. The number of hydrogen-bond donors (Lipinski definition) is 0. The van der Waals surface area contributed by atoms with Crippen molar-refractivity contribution in [1.29, 1.82) is 0 Å². The second-order valence-corrected chi connectivity index (χ2v) is 12.9. The van der Waals surface area contributed by atoms with Crippen LogP contribution in [-0.4, -0.2) is 67.5 Å². The number of carbonyl (C=O) groups excluding carboxylic acids is 1. The number of rotatable bonds is 6. The highest BCUT2D eigenvalue weighted by atomic mass is 32.2. The van der Waals surface area contributed by atoms with Crippen molar-refractivity contribution >= 4 is 33.8 Å². The molecule has 8 nitrogen and oxygen atoms in total. The molecule has 0 spiro atoms. The monoisotopic (exact) mass is 562 g/mol. The predicted molar refractivity (Wildman–Crippen MR) is 157 cm³/mol. The van der Waals surface area contributed by atoms with Gasteiger partial charge in [0.2, 0.25) is 15.9 Å². The molecule has 0 bridgehead atoms. The van der Waals surface area contributed by atoms with Crippen LogP contribution in [0, 0.1) is 26.7 Å². The lowest BCUT2D eigenvalue weighted by Gasteiger charge is -2.43. The first-order valence-electron chi connectivity index (χ1n) is 14.0. The van der Waals surface area contributed by atoms with E-state index in [9.17, 15) is 13.2 Å². The summed E-state index contributed by atoms with van der Waals surface area (Å²) in [7, 11) is -3.82. The fourth-order valence-corrected chi connectivity index (χ4v) is 7.45. The molecule has 1 atom stereocenters. The van der Waals surface area contributed by atoms with Gasteiger partial charge >= 0.3 is 0 Å². The Morgan fingerprint density at radius 3 is 2.35 bits per heavy atom. The van der Waals surface area contributed by atoms with E-state index >= 15 is 0 Å². The number of benzene rings is 2. The van der Waals surface area contributed by atoms with Gasteiger partial charge in [0.25, 0.3) is 0 Å². The first-order chi connectivity index (χ1) is 19.1.